The van der Waals surface area contributed by atoms with E-state index in [1.54, 1.807) is 0 Å². The molecule has 0 heterocycles. The maximum absolute atomic E-state index is 5.25. The first kappa shape index (κ1) is 19.8. The minimum Gasteiger partial charge on any atom is -0.697 e. The van der Waals surface area contributed by atoms with Crippen LogP contribution in [0.2, 0.25) is 0 Å². The molecule has 0 fully saturated rings. The van der Waals surface area contributed by atoms with Crippen LogP contribution in [0.25, 0.3) is 0 Å². The van der Waals surface area contributed by atoms with E-state index < -0.39 is 0 Å². The van der Waals surface area contributed by atoms with Crippen LogP contribution in [0.3, 0.4) is 0 Å². The first-order valence-corrected chi connectivity index (χ1v) is 0.289. The van der Waals surface area contributed by atoms with Gasteiger partial charge in [0.2, 0.25) is 0 Å². The molecule has 0 nitrogen and oxygen atoms in total. The largest absolute Gasteiger partial charge is 1.00 e. The summed E-state index contributed by atoms with van der Waals surface area (Å²) in [4.78, 5) is 0. The Hall–Kier alpha value is 1.04. The Balaban J connectivity index is -0.00000000500. The van der Waals surface area contributed by atoms with E-state index in [0.29, 0.717) is 0 Å². The first-order chi connectivity index (χ1) is 1.00. The van der Waals surface area contributed by atoms with Crippen molar-refractivity contribution in [3.63, 3.8) is 0 Å². The van der Waals surface area contributed by atoms with Gasteiger partial charge in [0.1, 0.15) is 0 Å². The van der Waals surface area contributed by atoms with E-state index in [9.17, 15) is 0 Å². The van der Waals surface area contributed by atoms with Gasteiger partial charge in [0.15, 0.2) is 0 Å². The van der Waals surface area contributed by atoms with Crippen LogP contribution in [0.5, 0.6) is 0 Å². The monoisotopic (exact) mass is 419 g/mol. The van der Waals surface area contributed by atoms with Gasteiger partial charge in [-0.15, -0.1) is 0 Å². The van der Waals surface area contributed by atoms with E-state index in [1.165, 1.54) is 0 Å². The van der Waals surface area contributed by atoms with Crippen LogP contribution >= 0.6 is 0 Å². The molecule has 0 aromatic rings. The molecular weight excluding hydrogens is 418 g/mol. The van der Waals surface area contributed by atoms with Gasteiger partial charge in [0.05, 0.1) is 0 Å². The SMILES string of the molecule is [Au+].[Au].[C-]#C. The van der Waals surface area contributed by atoms with Crippen LogP contribution in [0.15, 0.2) is 0 Å². The normalized spacial score (nSPS) is 0.500. The van der Waals surface area contributed by atoms with E-state index in [0.717, 1.165) is 0 Å². The predicted molar refractivity (Wildman–Crippen MR) is 8.19 cm³/mol. The Kier molecular flexibility index (Phi) is 170. The van der Waals surface area contributed by atoms with Crippen LogP contribution in [-0.2, 0) is 44.8 Å². The van der Waals surface area contributed by atoms with E-state index in [-0.39, 0.29) is 44.8 Å². The Morgan fingerprint density at radius 1 is 1.25 bits per heavy atom. The van der Waals surface area contributed by atoms with Gasteiger partial charge in [-0.3, -0.25) is 0 Å². The van der Waals surface area contributed by atoms with Crippen molar-refractivity contribution >= 4 is 0 Å². The Bertz CT molecular complexity index is 8.75. The molecule has 2 heteroatoms. The number of rotatable bonds is 0. The molecule has 0 saturated carbocycles. The van der Waals surface area contributed by atoms with Crippen LogP contribution in [0, 0.1) is 12.8 Å². The van der Waals surface area contributed by atoms with Crippen molar-refractivity contribution < 1.29 is 44.8 Å². The quantitative estimate of drug-likeness (QED) is 0.299. The predicted octanol–water partition coefficient (Wildman–Crippen LogP) is 0.201. The summed E-state index contributed by atoms with van der Waals surface area (Å²) >= 11 is 0. The molecule has 0 aliphatic carbocycles. The molecule has 0 aliphatic rings. The summed E-state index contributed by atoms with van der Waals surface area (Å²) in [5, 5.41) is 0. The van der Waals surface area contributed by atoms with Gasteiger partial charge in [-0.2, -0.15) is 0 Å². The van der Waals surface area contributed by atoms with E-state index in [2.05, 4.69) is 6.42 Å². The van der Waals surface area contributed by atoms with Crippen molar-refractivity contribution in [2.45, 2.75) is 0 Å². The summed E-state index contributed by atoms with van der Waals surface area (Å²) in [6, 6.07) is 0. The van der Waals surface area contributed by atoms with Crippen molar-refractivity contribution in [2.24, 2.45) is 0 Å². The van der Waals surface area contributed by atoms with Gasteiger partial charge in [0, 0.05) is 22.4 Å². The number of hydrogen-bond acceptors (Lipinski definition) is 0. The third kappa shape index (κ3) is 11.7. The average Bonchev–Trinajstić information content (AvgIpc) is 1.00. The molecule has 0 rings (SSSR count). The van der Waals surface area contributed by atoms with Crippen LogP contribution < -0.4 is 0 Å². The second kappa shape index (κ2) is 34.5. The minimum absolute atomic E-state index is 0. The van der Waals surface area contributed by atoms with E-state index >= 15 is 0 Å². The van der Waals surface area contributed by atoms with Crippen LogP contribution in [0.4, 0.5) is 0 Å². The Labute approximate surface area is 57.4 Å². The summed E-state index contributed by atoms with van der Waals surface area (Å²) in [5.74, 6) is 0. The summed E-state index contributed by atoms with van der Waals surface area (Å²) in [6.45, 7) is 0. The fourth-order valence-electron chi connectivity index (χ4n) is 0. The summed E-state index contributed by atoms with van der Waals surface area (Å²) in [6.07, 6.45) is 9.00. The molecule has 0 aliphatic heterocycles. The molecule has 0 bridgehead atoms. The summed E-state index contributed by atoms with van der Waals surface area (Å²) < 4.78 is 0. The van der Waals surface area contributed by atoms with Crippen molar-refractivity contribution in [1.82, 2.24) is 0 Å². The molecule has 31 valence electrons. The zero-order chi connectivity index (χ0) is 2.00. The summed E-state index contributed by atoms with van der Waals surface area (Å²) in [7, 11) is 0. The van der Waals surface area contributed by atoms with Crippen molar-refractivity contribution in [1.29, 1.82) is 0 Å². The van der Waals surface area contributed by atoms with Gasteiger partial charge in [-0.1, -0.05) is 0 Å². The van der Waals surface area contributed by atoms with E-state index in [1.807, 2.05) is 0 Å². The Morgan fingerprint density at radius 3 is 1.25 bits per heavy atom. The molecule has 0 amide bonds. The Morgan fingerprint density at radius 2 is 1.25 bits per heavy atom. The molecule has 0 aromatic carbocycles. The molecule has 0 saturated heterocycles. The molecule has 1 radical (unpaired) electrons. The van der Waals surface area contributed by atoms with Crippen LogP contribution in [-0.4, -0.2) is 0 Å². The molecule has 0 atom stereocenters. The second-order valence-electron chi connectivity index (χ2n) is 0. The average molecular weight is 419 g/mol. The maximum atomic E-state index is 5.25. The zero-order valence-corrected chi connectivity index (χ0v) is 6.01. The van der Waals surface area contributed by atoms with Gasteiger partial charge in [-0.05, 0) is 0 Å². The van der Waals surface area contributed by atoms with Gasteiger partial charge in [0.25, 0.3) is 0 Å². The van der Waals surface area contributed by atoms with Gasteiger partial charge >= 0.3 is 22.4 Å². The van der Waals surface area contributed by atoms with Crippen molar-refractivity contribution in [3.8, 4) is 6.42 Å². The third-order valence-electron chi connectivity index (χ3n) is 0. The van der Waals surface area contributed by atoms with Crippen molar-refractivity contribution in [3.05, 3.63) is 6.42 Å². The van der Waals surface area contributed by atoms with Crippen LogP contribution in [0.1, 0.15) is 0 Å². The molecule has 0 unspecified atom stereocenters. The molecule has 0 aromatic heterocycles. The number of hydrogen-bond donors (Lipinski definition) is 0. The minimum atomic E-state index is 0. The standard InChI is InChI=1S/C2H.2Au/c1-2;;/h1H;;/q-1;;+1. The summed E-state index contributed by atoms with van der Waals surface area (Å²) in [5.41, 5.74) is 0. The first-order valence-electron chi connectivity index (χ1n) is 0.289. The molecule has 0 N–H and O–H groups in total. The van der Waals surface area contributed by atoms with Gasteiger partial charge < -0.3 is 12.8 Å². The number of terminal acetylenes is 1. The molecule has 0 spiro atoms. The van der Waals surface area contributed by atoms with Gasteiger partial charge in [-0.25, -0.2) is 0 Å². The molecular formula is C2HAu2. The fraction of sp³-hybridized carbons (Fsp3) is 0. The molecule has 4 heavy (non-hydrogen) atoms. The third-order valence-corrected chi connectivity index (χ3v) is 0. The second-order valence-corrected chi connectivity index (χ2v) is 0. The topological polar surface area (TPSA) is 0 Å². The zero-order valence-electron chi connectivity index (χ0n) is 1.68. The van der Waals surface area contributed by atoms with E-state index in [4.69, 9.17) is 6.42 Å². The maximum Gasteiger partial charge on any atom is 1.00 e. The van der Waals surface area contributed by atoms with Crippen molar-refractivity contribution in [2.75, 3.05) is 0 Å². The smallest absolute Gasteiger partial charge is 0.697 e. The fourth-order valence-corrected chi connectivity index (χ4v) is 0.